The molecule has 16 heavy (non-hydrogen) atoms. The molecule has 1 aromatic heterocycles. The van der Waals surface area contributed by atoms with E-state index in [9.17, 15) is 8.78 Å². The molecule has 0 N–H and O–H groups in total. The van der Waals surface area contributed by atoms with Gasteiger partial charge in [0.25, 0.3) is 0 Å². The molecular weight excluding hydrogens is 276 g/mol. The lowest BCUT2D eigenvalue weighted by Crippen LogP contribution is -2.02. The lowest BCUT2D eigenvalue weighted by molar-refractivity contribution is 0.585. The Morgan fingerprint density at radius 2 is 1.56 bits per heavy atom. The van der Waals surface area contributed by atoms with Gasteiger partial charge in [0.05, 0.1) is 10.2 Å². The third-order valence-corrected chi connectivity index (χ3v) is 3.11. The highest BCUT2D eigenvalue weighted by Crippen LogP contribution is 2.25. The van der Waals surface area contributed by atoms with Crippen LogP contribution in [0.4, 0.5) is 8.78 Å². The lowest BCUT2D eigenvalue weighted by atomic mass is 10.2. The van der Waals surface area contributed by atoms with Crippen molar-refractivity contribution in [1.82, 2.24) is 4.57 Å². The van der Waals surface area contributed by atoms with E-state index in [0.29, 0.717) is 0 Å². The molecule has 2 aromatic rings. The first-order valence-electron chi connectivity index (χ1n) is 4.80. The van der Waals surface area contributed by atoms with Crippen molar-refractivity contribution in [2.75, 3.05) is 0 Å². The summed E-state index contributed by atoms with van der Waals surface area (Å²) < 4.78 is 28.9. The Labute approximate surface area is 101 Å². The molecule has 1 aromatic carbocycles. The summed E-state index contributed by atoms with van der Waals surface area (Å²) in [4.78, 5) is 0. The van der Waals surface area contributed by atoms with Crippen molar-refractivity contribution in [3.8, 4) is 5.69 Å². The van der Waals surface area contributed by atoms with Gasteiger partial charge in [0.1, 0.15) is 11.6 Å². The zero-order valence-electron chi connectivity index (χ0n) is 8.89. The summed E-state index contributed by atoms with van der Waals surface area (Å²) in [5.41, 5.74) is 1.98. The van der Waals surface area contributed by atoms with E-state index in [4.69, 9.17) is 0 Å². The Balaban J connectivity index is 2.69. The van der Waals surface area contributed by atoms with Crippen molar-refractivity contribution in [2.45, 2.75) is 13.8 Å². The molecule has 4 heteroatoms. The number of halogens is 3. The standard InChI is InChI=1S/C12H10BrF2N/c1-7-3-4-8(2)16(7)12-6-10(14)9(13)5-11(12)15/h3-6H,1-2H3. The summed E-state index contributed by atoms with van der Waals surface area (Å²) in [6, 6.07) is 6.08. The van der Waals surface area contributed by atoms with Gasteiger partial charge in [-0.25, -0.2) is 8.78 Å². The van der Waals surface area contributed by atoms with Gasteiger partial charge in [-0.3, -0.25) is 0 Å². The molecule has 1 heterocycles. The van der Waals surface area contributed by atoms with E-state index in [2.05, 4.69) is 15.9 Å². The number of hydrogen-bond acceptors (Lipinski definition) is 0. The average molecular weight is 286 g/mol. The van der Waals surface area contributed by atoms with Crippen LogP contribution < -0.4 is 0 Å². The molecule has 0 aliphatic carbocycles. The molecule has 0 bridgehead atoms. The van der Waals surface area contributed by atoms with Crippen LogP contribution in [0.15, 0.2) is 28.7 Å². The minimum Gasteiger partial charge on any atom is -0.316 e. The van der Waals surface area contributed by atoms with Crippen LogP contribution in [0.3, 0.4) is 0 Å². The number of rotatable bonds is 1. The van der Waals surface area contributed by atoms with Crippen molar-refractivity contribution in [3.63, 3.8) is 0 Å². The van der Waals surface area contributed by atoms with E-state index in [1.165, 1.54) is 6.07 Å². The molecule has 0 aliphatic heterocycles. The van der Waals surface area contributed by atoms with Gasteiger partial charge < -0.3 is 4.57 Å². The molecule has 0 aliphatic rings. The molecule has 1 nitrogen and oxygen atoms in total. The fraction of sp³-hybridized carbons (Fsp3) is 0.167. The minimum absolute atomic E-state index is 0.135. The molecular formula is C12H10BrF2N. The summed E-state index contributed by atoms with van der Waals surface area (Å²) in [7, 11) is 0. The monoisotopic (exact) mass is 285 g/mol. The maximum absolute atomic E-state index is 13.7. The quantitative estimate of drug-likeness (QED) is 0.694. The number of aromatic nitrogens is 1. The topological polar surface area (TPSA) is 4.93 Å². The van der Waals surface area contributed by atoms with Crippen LogP contribution in [0.1, 0.15) is 11.4 Å². The van der Waals surface area contributed by atoms with Crippen molar-refractivity contribution >= 4 is 15.9 Å². The largest absolute Gasteiger partial charge is 0.316 e. The molecule has 0 fully saturated rings. The van der Waals surface area contributed by atoms with Crippen molar-refractivity contribution in [1.29, 1.82) is 0 Å². The van der Waals surface area contributed by atoms with Crippen LogP contribution in [0, 0.1) is 25.5 Å². The van der Waals surface area contributed by atoms with Crippen LogP contribution in [0.25, 0.3) is 5.69 Å². The van der Waals surface area contributed by atoms with Crippen LogP contribution in [0.2, 0.25) is 0 Å². The van der Waals surface area contributed by atoms with E-state index in [0.717, 1.165) is 17.5 Å². The first kappa shape index (κ1) is 11.3. The van der Waals surface area contributed by atoms with Crippen LogP contribution in [-0.4, -0.2) is 4.57 Å². The van der Waals surface area contributed by atoms with Gasteiger partial charge in [0.15, 0.2) is 0 Å². The van der Waals surface area contributed by atoms with Crippen LogP contribution >= 0.6 is 15.9 Å². The molecule has 0 spiro atoms. The van der Waals surface area contributed by atoms with Gasteiger partial charge in [0.2, 0.25) is 0 Å². The molecule has 0 radical (unpaired) electrons. The van der Waals surface area contributed by atoms with Gasteiger partial charge in [-0.1, -0.05) is 0 Å². The zero-order valence-corrected chi connectivity index (χ0v) is 10.5. The predicted octanol–water partition coefficient (Wildman–Crippen LogP) is 4.13. The second-order valence-electron chi connectivity index (χ2n) is 3.67. The van der Waals surface area contributed by atoms with E-state index in [1.54, 1.807) is 4.57 Å². The molecule has 84 valence electrons. The fourth-order valence-corrected chi connectivity index (χ4v) is 2.05. The van der Waals surface area contributed by atoms with E-state index in [-0.39, 0.29) is 10.2 Å². The summed E-state index contributed by atoms with van der Waals surface area (Å²) in [6.07, 6.45) is 0. The smallest absolute Gasteiger partial charge is 0.148 e. The molecule has 0 amide bonds. The summed E-state index contributed by atoms with van der Waals surface area (Å²) >= 11 is 2.96. The van der Waals surface area contributed by atoms with Crippen molar-refractivity contribution in [3.05, 3.63) is 51.8 Å². The van der Waals surface area contributed by atoms with Gasteiger partial charge in [-0.15, -0.1) is 0 Å². The third kappa shape index (κ3) is 1.78. The summed E-state index contributed by atoms with van der Waals surface area (Å²) in [5.74, 6) is -0.917. The third-order valence-electron chi connectivity index (χ3n) is 2.50. The average Bonchev–Trinajstić information content (AvgIpc) is 2.53. The Bertz CT molecular complexity index is 527. The highest BCUT2D eigenvalue weighted by Gasteiger charge is 2.12. The Morgan fingerprint density at radius 3 is 2.12 bits per heavy atom. The molecule has 0 saturated carbocycles. The first-order valence-corrected chi connectivity index (χ1v) is 5.60. The normalized spacial score (nSPS) is 10.8. The number of aryl methyl sites for hydroxylation is 2. The Hall–Kier alpha value is -1.16. The molecule has 0 saturated heterocycles. The summed E-state index contributed by atoms with van der Waals surface area (Å²) in [6.45, 7) is 3.71. The predicted molar refractivity (Wildman–Crippen MR) is 62.9 cm³/mol. The van der Waals surface area contributed by atoms with Gasteiger partial charge in [-0.05, 0) is 48.0 Å². The van der Waals surface area contributed by atoms with E-state index < -0.39 is 11.6 Å². The van der Waals surface area contributed by atoms with Gasteiger partial charge in [0, 0.05) is 17.5 Å². The highest BCUT2D eigenvalue weighted by molar-refractivity contribution is 9.10. The highest BCUT2D eigenvalue weighted by atomic mass is 79.9. The van der Waals surface area contributed by atoms with E-state index in [1.807, 2.05) is 26.0 Å². The zero-order chi connectivity index (χ0) is 11.9. The Morgan fingerprint density at radius 1 is 1.00 bits per heavy atom. The van der Waals surface area contributed by atoms with Gasteiger partial charge >= 0.3 is 0 Å². The van der Waals surface area contributed by atoms with Crippen molar-refractivity contribution < 1.29 is 8.78 Å². The van der Waals surface area contributed by atoms with Gasteiger partial charge in [-0.2, -0.15) is 0 Å². The maximum atomic E-state index is 13.7. The molecule has 2 rings (SSSR count). The fourth-order valence-electron chi connectivity index (χ4n) is 1.73. The minimum atomic E-state index is -0.469. The lowest BCUT2D eigenvalue weighted by Gasteiger charge is -2.11. The van der Waals surface area contributed by atoms with Crippen molar-refractivity contribution in [2.24, 2.45) is 0 Å². The summed E-state index contributed by atoms with van der Waals surface area (Å²) in [5, 5.41) is 0. The number of nitrogens with zero attached hydrogens (tertiary/aromatic N) is 1. The number of hydrogen-bond donors (Lipinski definition) is 0. The van der Waals surface area contributed by atoms with Crippen LogP contribution in [-0.2, 0) is 0 Å². The maximum Gasteiger partial charge on any atom is 0.148 e. The molecule has 0 unspecified atom stereocenters. The molecule has 0 atom stereocenters. The van der Waals surface area contributed by atoms with E-state index >= 15 is 0 Å². The second kappa shape index (κ2) is 4.01. The van der Waals surface area contributed by atoms with Crippen LogP contribution in [0.5, 0.6) is 0 Å². The number of benzene rings is 1. The Kier molecular flexibility index (Phi) is 2.84. The SMILES string of the molecule is Cc1ccc(C)n1-c1cc(F)c(Br)cc1F. The second-order valence-corrected chi connectivity index (χ2v) is 4.52. The first-order chi connectivity index (χ1) is 7.50.